The lowest BCUT2D eigenvalue weighted by molar-refractivity contribution is 0.271. The third kappa shape index (κ3) is 7.03. The summed E-state index contributed by atoms with van der Waals surface area (Å²) in [6.07, 6.45) is 2.46. The van der Waals surface area contributed by atoms with Gasteiger partial charge in [0.1, 0.15) is 23.0 Å². The molecule has 1 unspecified atom stereocenters. The van der Waals surface area contributed by atoms with Crippen molar-refractivity contribution in [2.24, 2.45) is 5.92 Å². The van der Waals surface area contributed by atoms with E-state index in [-0.39, 0.29) is 0 Å². The zero-order valence-electron chi connectivity index (χ0n) is 7.64. The number of nitrogens with zero attached hydrogens (tertiary/aromatic N) is 1. The first-order valence-electron chi connectivity index (χ1n) is 4.09. The summed E-state index contributed by atoms with van der Waals surface area (Å²) in [5.74, 6) is 0.731. The third-order valence-corrected chi connectivity index (χ3v) is 2.22. The van der Waals surface area contributed by atoms with Crippen LogP contribution in [0.2, 0.25) is 0 Å². The molecule has 0 saturated carbocycles. The average molecular weight is 271 g/mol. The Kier molecular flexibility index (Phi) is 7.74. The summed E-state index contributed by atoms with van der Waals surface area (Å²) in [4.78, 5) is 2.22. The van der Waals surface area contributed by atoms with Gasteiger partial charge in [0.05, 0.1) is 6.61 Å². The van der Waals surface area contributed by atoms with E-state index >= 15 is 0 Å². The molecule has 0 aliphatic heterocycles. The second-order valence-electron chi connectivity index (χ2n) is 3.14. The summed E-state index contributed by atoms with van der Waals surface area (Å²) in [6, 6.07) is 0. The van der Waals surface area contributed by atoms with Gasteiger partial charge in [0.15, 0.2) is 0 Å². The van der Waals surface area contributed by atoms with Crippen molar-refractivity contribution in [3.8, 4) is 0 Å². The molecule has 11 heavy (non-hydrogen) atoms. The van der Waals surface area contributed by atoms with Crippen molar-refractivity contribution in [3.05, 3.63) is 0 Å². The van der Waals surface area contributed by atoms with E-state index in [4.69, 9.17) is 3.07 Å². The van der Waals surface area contributed by atoms with Crippen molar-refractivity contribution in [1.82, 2.24) is 4.90 Å². The van der Waals surface area contributed by atoms with Crippen LogP contribution in [0.1, 0.15) is 19.8 Å². The number of halogens is 1. The molecule has 0 rings (SSSR count). The van der Waals surface area contributed by atoms with Crippen LogP contribution in [0.3, 0.4) is 0 Å². The van der Waals surface area contributed by atoms with Gasteiger partial charge in [-0.05, 0) is 33.0 Å². The van der Waals surface area contributed by atoms with Gasteiger partial charge < -0.3 is 7.97 Å². The van der Waals surface area contributed by atoms with Crippen molar-refractivity contribution in [3.63, 3.8) is 0 Å². The minimum absolute atomic E-state index is 0.731. The predicted octanol–water partition coefficient (Wildman–Crippen LogP) is 2.33. The highest BCUT2D eigenvalue weighted by Crippen LogP contribution is 2.10. The minimum atomic E-state index is 0.731. The van der Waals surface area contributed by atoms with Gasteiger partial charge in [-0.1, -0.05) is 13.3 Å². The Bertz CT molecular complexity index is 88.2. The molecule has 0 amide bonds. The highest BCUT2D eigenvalue weighted by molar-refractivity contribution is 14.1. The molecule has 0 radical (unpaired) electrons. The van der Waals surface area contributed by atoms with E-state index in [9.17, 15) is 0 Å². The molecular weight excluding hydrogens is 253 g/mol. The smallest absolute Gasteiger partial charge is 0.109 e. The van der Waals surface area contributed by atoms with Crippen LogP contribution < -0.4 is 0 Å². The zero-order chi connectivity index (χ0) is 8.69. The van der Waals surface area contributed by atoms with Crippen molar-refractivity contribution in [2.45, 2.75) is 19.8 Å². The van der Waals surface area contributed by atoms with E-state index in [0.717, 1.165) is 12.5 Å². The first-order valence-corrected chi connectivity index (χ1v) is 4.97. The molecule has 0 aliphatic rings. The van der Waals surface area contributed by atoms with Gasteiger partial charge >= 0.3 is 0 Å². The van der Waals surface area contributed by atoms with E-state index < -0.39 is 0 Å². The number of hydrogen-bond acceptors (Lipinski definition) is 2. The standard InChI is InChI=1S/C8H18INO/c1-4-8(7-11-9)5-6-10(2)3/h8H,4-7H2,1-3H3. The molecule has 0 spiro atoms. The Morgan fingerprint density at radius 2 is 2.09 bits per heavy atom. The molecule has 0 aliphatic carbocycles. The molecular formula is C8H18INO. The van der Waals surface area contributed by atoms with Gasteiger partial charge in [-0.2, -0.15) is 0 Å². The normalized spacial score (nSPS) is 13.9. The Morgan fingerprint density at radius 3 is 2.45 bits per heavy atom. The lowest BCUT2D eigenvalue weighted by Crippen LogP contribution is -2.18. The fourth-order valence-corrected chi connectivity index (χ4v) is 1.44. The minimum Gasteiger partial charge on any atom is -0.316 e. The lowest BCUT2D eigenvalue weighted by atomic mass is 10.0. The van der Waals surface area contributed by atoms with Crippen molar-refractivity contribution >= 4 is 23.0 Å². The van der Waals surface area contributed by atoms with Gasteiger partial charge in [0.2, 0.25) is 0 Å². The Labute approximate surface area is 84.0 Å². The molecule has 0 bridgehead atoms. The Morgan fingerprint density at radius 1 is 1.45 bits per heavy atom. The summed E-state index contributed by atoms with van der Waals surface area (Å²) in [5.41, 5.74) is 0. The van der Waals surface area contributed by atoms with Crippen LogP contribution in [-0.2, 0) is 3.07 Å². The van der Waals surface area contributed by atoms with Crippen LogP contribution in [0, 0.1) is 5.92 Å². The quantitative estimate of drug-likeness (QED) is 0.687. The summed E-state index contributed by atoms with van der Waals surface area (Å²) in [6.45, 7) is 4.28. The highest BCUT2D eigenvalue weighted by Gasteiger charge is 2.05. The monoisotopic (exact) mass is 271 g/mol. The van der Waals surface area contributed by atoms with Crippen LogP contribution in [0.5, 0.6) is 0 Å². The molecule has 0 heterocycles. The third-order valence-electron chi connectivity index (χ3n) is 1.86. The number of rotatable bonds is 6. The molecule has 0 aromatic rings. The first kappa shape index (κ1) is 11.6. The van der Waals surface area contributed by atoms with Gasteiger partial charge in [-0.3, -0.25) is 0 Å². The van der Waals surface area contributed by atoms with Crippen LogP contribution in [0.25, 0.3) is 0 Å². The summed E-state index contributed by atoms with van der Waals surface area (Å²) < 4.78 is 5.08. The van der Waals surface area contributed by atoms with E-state index in [0.29, 0.717) is 0 Å². The van der Waals surface area contributed by atoms with Crippen LogP contribution in [0.4, 0.5) is 0 Å². The van der Waals surface area contributed by atoms with Gasteiger partial charge in [-0.25, -0.2) is 0 Å². The molecule has 0 saturated heterocycles. The molecule has 0 N–H and O–H groups in total. The van der Waals surface area contributed by atoms with Gasteiger partial charge in [-0.15, -0.1) is 0 Å². The van der Waals surface area contributed by atoms with Crippen molar-refractivity contribution < 1.29 is 3.07 Å². The van der Waals surface area contributed by atoms with Crippen LogP contribution >= 0.6 is 23.0 Å². The molecule has 0 aromatic heterocycles. The SMILES string of the molecule is CCC(CCN(C)C)COI. The predicted molar refractivity (Wildman–Crippen MR) is 56.9 cm³/mol. The lowest BCUT2D eigenvalue weighted by Gasteiger charge is -2.15. The second kappa shape index (κ2) is 7.31. The van der Waals surface area contributed by atoms with Crippen molar-refractivity contribution in [2.75, 3.05) is 27.2 Å². The zero-order valence-corrected chi connectivity index (χ0v) is 9.80. The maximum Gasteiger partial charge on any atom is 0.109 e. The number of hydrogen-bond donors (Lipinski definition) is 0. The molecule has 68 valence electrons. The van der Waals surface area contributed by atoms with Crippen LogP contribution in [-0.4, -0.2) is 32.1 Å². The summed E-state index contributed by atoms with van der Waals surface area (Å²) >= 11 is 1.97. The largest absolute Gasteiger partial charge is 0.316 e. The second-order valence-corrected chi connectivity index (χ2v) is 3.76. The maximum atomic E-state index is 5.08. The van der Waals surface area contributed by atoms with Gasteiger partial charge in [0.25, 0.3) is 0 Å². The van der Waals surface area contributed by atoms with Gasteiger partial charge in [0, 0.05) is 0 Å². The fourth-order valence-electron chi connectivity index (χ4n) is 0.935. The maximum absolute atomic E-state index is 5.08. The van der Waals surface area contributed by atoms with E-state index in [1.807, 2.05) is 23.0 Å². The molecule has 2 nitrogen and oxygen atoms in total. The summed E-state index contributed by atoms with van der Waals surface area (Å²) in [5, 5.41) is 0. The molecule has 0 fully saturated rings. The van der Waals surface area contributed by atoms with E-state index in [1.165, 1.54) is 19.4 Å². The first-order chi connectivity index (χ1) is 5.20. The highest BCUT2D eigenvalue weighted by atomic mass is 127. The molecule has 1 atom stereocenters. The summed E-state index contributed by atoms with van der Waals surface area (Å²) in [7, 11) is 4.22. The topological polar surface area (TPSA) is 12.5 Å². The molecule has 3 heteroatoms. The van der Waals surface area contributed by atoms with E-state index in [1.54, 1.807) is 0 Å². The average Bonchev–Trinajstić information content (AvgIpc) is 1.97. The Hall–Kier alpha value is 0.650. The van der Waals surface area contributed by atoms with E-state index in [2.05, 4.69) is 25.9 Å². The van der Waals surface area contributed by atoms with Crippen LogP contribution in [0.15, 0.2) is 0 Å². The fraction of sp³-hybridized carbons (Fsp3) is 1.00. The molecule has 0 aromatic carbocycles. The van der Waals surface area contributed by atoms with Crippen molar-refractivity contribution in [1.29, 1.82) is 0 Å². The Balaban J connectivity index is 3.35.